The molecule has 1 aromatic carbocycles. The van der Waals surface area contributed by atoms with Crippen molar-refractivity contribution in [2.45, 2.75) is 17.7 Å². The van der Waals surface area contributed by atoms with Crippen LogP contribution in [0.5, 0.6) is 5.75 Å². The van der Waals surface area contributed by atoms with E-state index < -0.39 is 10.0 Å². The van der Waals surface area contributed by atoms with Crippen molar-refractivity contribution < 1.29 is 13.2 Å². The lowest BCUT2D eigenvalue weighted by atomic mass is 9.98. The number of rotatable bonds is 5. The van der Waals surface area contributed by atoms with Gasteiger partial charge in [0.25, 0.3) is 0 Å². The summed E-state index contributed by atoms with van der Waals surface area (Å²) in [4.78, 5) is 0.287. The molecule has 1 aliphatic heterocycles. The van der Waals surface area contributed by atoms with Crippen LogP contribution >= 0.6 is 28.3 Å². The molecule has 0 spiro atoms. The van der Waals surface area contributed by atoms with Crippen LogP contribution in [0.15, 0.2) is 27.6 Å². The average molecular weight is 414 g/mol. The van der Waals surface area contributed by atoms with Crippen LogP contribution in [0.3, 0.4) is 0 Å². The van der Waals surface area contributed by atoms with Gasteiger partial charge in [0.15, 0.2) is 0 Å². The molecular formula is C14H22BrClN2O3S. The van der Waals surface area contributed by atoms with E-state index in [-0.39, 0.29) is 17.3 Å². The fourth-order valence-corrected chi connectivity index (χ4v) is 4.49. The standard InChI is InChI=1S/C14H21BrN2O3S.ClH/c1-16-10-11-5-7-17(8-6-11)21(18,19)12-3-4-13(15)14(9-12)20-2;/h3-4,9,11,16H,5-8,10H2,1-2H3;1H. The number of halogens is 2. The Bertz CT molecular complexity index is 590. The third kappa shape index (κ3) is 4.35. The quantitative estimate of drug-likeness (QED) is 0.806. The minimum absolute atomic E-state index is 0. The summed E-state index contributed by atoms with van der Waals surface area (Å²) in [6.45, 7) is 2.10. The molecule has 8 heteroatoms. The number of hydrogen-bond acceptors (Lipinski definition) is 4. The summed E-state index contributed by atoms with van der Waals surface area (Å²) in [7, 11) is 0.0176. The van der Waals surface area contributed by atoms with Crippen LogP contribution in [0.4, 0.5) is 0 Å². The minimum atomic E-state index is -3.44. The van der Waals surface area contributed by atoms with Gasteiger partial charge in [0.05, 0.1) is 16.5 Å². The first-order chi connectivity index (χ1) is 9.98. The second-order valence-electron chi connectivity index (χ2n) is 5.20. The molecule has 0 aromatic heterocycles. The van der Waals surface area contributed by atoms with Crippen molar-refractivity contribution >= 4 is 38.4 Å². The molecule has 0 amide bonds. The average Bonchev–Trinajstić information content (AvgIpc) is 2.48. The first kappa shape index (κ1) is 19.7. The Balaban J connectivity index is 0.00000242. The van der Waals surface area contributed by atoms with Crippen LogP contribution in [-0.4, -0.2) is 46.5 Å². The van der Waals surface area contributed by atoms with Gasteiger partial charge in [-0.3, -0.25) is 0 Å². The zero-order valence-electron chi connectivity index (χ0n) is 12.7. The molecule has 1 fully saturated rings. The molecule has 1 aromatic rings. The van der Waals surface area contributed by atoms with Gasteiger partial charge < -0.3 is 10.1 Å². The van der Waals surface area contributed by atoms with Crippen LogP contribution in [0.1, 0.15) is 12.8 Å². The molecule has 126 valence electrons. The van der Waals surface area contributed by atoms with E-state index in [2.05, 4.69) is 21.2 Å². The smallest absolute Gasteiger partial charge is 0.243 e. The van der Waals surface area contributed by atoms with Crippen molar-refractivity contribution in [3.63, 3.8) is 0 Å². The first-order valence-corrected chi connectivity index (χ1v) is 9.20. The highest BCUT2D eigenvalue weighted by Crippen LogP contribution is 2.30. The molecule has 2 rings (SSSR count). The molecular weight excluding hydrogens is 392 g/mol. The van der Waals surface area contributed by atoms with Crippen molar-refractivity contribution in [2.24, 2.45) is 5.92 Å². The number of nitrogens with one attached hydrogen (secondary N) is 1. The van der Waals surface area contributed by atoms with Crippen molar-refractivity contribution in [3.8, 4) is 5.75 Å². The third-order valence-corrected chi connectivity index (χ3v) is 6.38. The summed E-state index contributed by atoms with van der Waals surface area (Å²) in [5.74, 6) is 1.09. The summed E-state index contributed by atoms with van der Waals surface area (Å²) in [6, 6.07) is 4.89. The summed E-state index contributed by atoms with van der Waals surface area (Å²) < 4.78 is 32.8. The number of benzene rings is 1. The third-order valence-electron chi connectivity index (χ3n) is 3.83. The fraction of sp³-hybridized carbons (Fsp3) is 0.571. The molecule has 1 saturated heterocycles. The molecule has 22 heavy (non-hydrogen) atoms. The lowest BCUT2D eigenvalue weighted by molar-refractivity contribution is 0.270. The lowest BCUT2D eigenvalue weighted by Gasteiger charge is -2.31. The van der Waals surface area contributed by atoms with Gasteiger partial charge in [-0.1, -0.05) is 0 Å². The highest BCUT2D eigenvalue weighted by atomic mass is 79.9. The van der Waals surface area contributed by atoms with E-state index in [0.717, 1.165) is 23.9 Å². The van der Waals surface area contributed by atoms with Crippen LogP contribution in [0, 0.1) is 5.92 Å². The van der Waals surface area contributed by atoms with E-state index in [1.54, 1.807) is 22.5 Å². The van der Waals surface area contributed by atoms with E-state index in [0.29, 0.717) is 24.8 Å². The summed E-state index contributed by atoms with van der Waals surface area (Å²) in [5.41, 5.74) is 0. The highest BCUT2D eigenvalue weighted by molar-refractivity contribution is 9.10. The van der Waals surface area contributed by atoms with E-state index in [1.807, 2.05) is 7.05 Å². The zero-order chi connectivity index (χ0) is 15.5. The van der Waals surface area contributed by atoms with Gasteiger partial charge in [-0.25, -0.2) is 8.42 Å². The lowest BCUT2D eigenvalue weighted by Crippen LogP contribution is -2.40. The number of ether oxygens (including phenoxy) is 1. The van der Waals surface area contributed by atoms with Crippen LogP contribution < -0.4 is 10.1 Å². The Morgan fingerprint density at radius 2 is 2.00 bits per heavy atom. The minimum Gasteiger partial charge on any atom is -0.496 e. The normalized spacial score (nSPS) is 17.0. The summed E-state index contributed by atoms with van der Waals surface area (Å²) >= 11 is 3.34. The van der Waals surface area contributed by atoms with E-state index in [9.17, 15) is 8.42 Å². The largest absolute Gasteiger partial charge is 0.496 e. The maximum atomic E-state index is 12.7. The van der Waals surface area contributed by atoms with Crippen molar-refractivity contribution in [3.05, 3.63) is 22.7 Å². The van der Waals surface area contributed by atoms with E-state index in [1.165, 1.54) is 7.11 Å². The highest BCUT2D eigenvalue weighted by Gasteiger charge is 2.29. The molecule has 1 N–H and O–H groups in total. The maximum absolute atomic E-state index is 12.7. The van der Waals surface area contributed by atoms with Gasteiger partial charge in [-0.05, 0) is 60.4 Å². The first-order valence-electron chi connectivity index (χ1n) is 6.97. The molecule has 0 saturated carbocycles. The van der Waals surface area contributed by atoms with Gasteiger partial charge in [0, 0.05) is 19.2 Å². The van der Waals surface area contributed by atoms with Gasteiger partial charge in [-0.2, -0.15) is 4.31 Å². The molecule has 0 radical (unpaired) electrons. The van der Waals surface area contributed by atoms with Crippen molar-refractivity contribution in [2.75, 3.05) is 33.8 Å². The predicted molar refractivity (Wildman–Crippen MR) is 93.4 cm³/mol. The topological polar surface area (TPSA) is 58.6 Å². The molecule has 0 bridgehead atoms. The number of methoxy groups -OCH3 is 1. The number of nitrogens with zero attached hydrogens (tertiary/aromatic N) is 1. The molecule has 1 aliphatic rings. The van der Waals surface area contributed by atoms with E-state index >= 15 is 0 Å². The molecule has 0 aliphatic carbocycles. The summed E-state index contributed by atoms with van der Waals surface area (Å²) in [6.07, 6.45) is 1.79. The number of sulfonamides is 1. The SMILES string of the molecule is CNCC1CCN(S(=O)(=O)c2ccc(Br)c(OC)c2)CC1.Cl. The van der Waals surface area contributed by atoms with Gasteiger partial charge in [0.1, 0.15) is 5.75 Å². The summed E-state index contributed by atoms with van der Waals surface area (Å²) in [5, 5.41) is 3.15. The zero-order valence-corrected chi connectivity index (χ0v) is 15.9. The number of piperidine rings is 1. The Hall–Kier alpha value is -0.340. The second-order valence-corrected chi connectivity index (χ2v) is 7.99. The number of hydrogen-bond donors (Lipinski definition) is 1. The Morgan fingerprint density at radius 1 is 1.36 bits per heavy atom. The second kappa shape index (κ2) is 8.49. The molecule has 0 unspecified atom stereocenters. The Labute approximate surface area is 147 Å². The van der Waals surface area contributed by atoms with E-state index in [4.69, 9.17) is 4.74 Å². The van der Waals surface area contributed by atoms with Gasteiger partial charge >= 0.3 is 0 Å². The molecule has 0 atom stereocenters. The maximum Gasteiger partial charge on any atom is 0.243 e. The Morgan fingerprint density at radius 3 is 2.55 bits per heavy atom. The van der Waals surface area contributed by atoms with Crippen LogP contribution in [-0.2, 0) is 10.0 Å². The fourth-order valence-electron chi connectivity index (χ4n) is 2.59. The van der Waals surface area contributed by atoms with Crippen molar-refractivity contribution in [1.82, 2.24) is 9.62 Å². The predicted octanol–water partition coefficient (Wildman–Crippen LogP) is 2.50. The van der Waals surface area contributed by atoms with Gasteiger partial charge in [0.2, 0.25) is 10.0 Å². The molecule has 5 nitrogen and oxygen atoms in total. The van der Waals surface area contributed by atoms with Crippen LogP contribution in [0.2, 0.25) is 0 Å². The molecule has 1 heterocycles. The Kier molecular flexibility index (Phi) is 7.61. The van der Waals surface area contributed by atoms with Crippen molar-refractivity contribution in [1.29, 1.82) is 0 Å². The monoisotopic (exact) mass is 412 g/mol. The van der Waals surface area contributed by atoms with Gasteiger partial charge in [-0.15, -0.1) is 12.4 Å². The van der Waals surface area contributed by atoms with Crippen LogP contribution in [0.25, 0.3) is 0 Å².